The number of esters is 1. The maximum atomic E-state index is 12.5. The Hall–Kier alpha value is -2.87. The van der Waals surface area contributed by atoms with Crippen LogP contribution in [0.25, 0.3) is 0 Å². The van der Waals surface area contributed by atoms with Gasteiger partial charge in [0.1, 0.15) is 5.82 Å². The van der Waals surface area contributed by atoms with Crippen molar-refractivity contribution >= 4 is 58.2 Å². The van der Waals surface area contributed by atoms with Gasteiger partial charge < -0.3 is 15.0 Å². The van der Waals surface area contributed by atoms with Crippen molar-refractivity contribution in [1.82, 2.24) is 9.97 Å². The Morgan fingerprint density at radius 3 is 2.35 bits per heavy atom. The Balaban J connectivity index is 1.50. The Labute approximate surface area is 212 Å². The van der Waals surface area contributed by atoms with Crippen molar-refractivity contribution in [2.24, 2.45) is 0 Å². The monoisotopic (exact) mass is 518 g/mol. The number of carbonyl (C=O) groups excluding carboxylic acids is 2. The van der Waals surface area contributed by atoms with Crippen LogP contribution in [-0.4, -0.2) is 34.9 Å². The summed E-state index contributed by atoms with van der Waals surface area (Å²) in [6.45, 7) is 2.95. The lowest BCUT2D eigenvalue weighted by Gasteiger charge is -2.20. The molecule has 1 aromatic heterocycles. The van der Waals surface area contributed by atoms with E-state index < -0.39 is 5.97 Å². The fourth-order valence-corrected chi connectivity index (χ4v) is 4.16. The highest BCUT2D eigenvalue weighted by atomic mass is 35.5. The van der Waals surface area contributed by atoms with E-state index in [2.05, 4.69) is 20.2 Å². The second-order valence-electron chi connectivity index (χ2n) is 7.83. The molecule has 2 aromatic carbocycles. The molecule has 0 spiro atoms. The molecular formula is C24H21Cl3N4O3. The molecule has 0 bridgehead atoms. The number of aromatic nitrogens is 2. The first-order valence-corrected chi connectivity index (χ1v) is 11.8. The quantitative estimate of drug-likeness (QED) is 0.327. The molecular weight excluding hydrogens is 499 g/mol. The molecule has 1 aliphatic heterocycles. The number of amides is 1. The molecule has 0 aliphatic carbocycles. The number of ether oxygens (including phenoxy) is 1. The van der Waals surface area contributed by atoms with Gasteiger partial charge in [-0.15, -0.1) is 0 Å². The first kappa shape index (κ1) is 24.3. The van der Waals surface area contributed by atoms with Gasteiger partial charge in [0.2, 0.25) is 5.75 Å². The summed E-state index contributed by atoms with van der Waals surface area (Å²) in [6, 6.07) is 12.0. The van der Waals surface area contributed by atoms with Gasteiger partial charge in [-0.25, -0.2) is 9.97 Å². The van der Waals surface area contributed by atoms with Crippen LogP contribution in [-0.2, 0) is 11.2 Å². The third kappa shape index (κ3) is 5.78. The van der Waals surface area contributed by atoms with Gasteiger partial charge in [0.15, 0.2) is 11.0 Å². The maximum absolute atomic E-state index is 12.5. The van der Waals surface area contributed by atoms with Crippen LogP contribution in [0.15, 0.2) is 42.5 Å². The zero-order chi connectivity index (χ0) is 24.2. The molecule has 0 radical (unpaired) electrons. The average molecular weight is 520 g/mol. The molecule has 10 heteroatoms. The van der Waals surface area contributed by atoms with Crippen molar-refractivity contribution in [3.05, 3.63) is 74.6 Å². The highest BCUT2D eigenvalue weighted by molar-refractivity contribution is 6.42. The molecule has 7 nitrogen and oxygen atoms in total. The predicted octanol–water partition coefficient (Wildman–Crippen LogP) is 5.81. The first-order chi connectivity index (χ1) is 16.3. The normalized spacial score (nSPS) is 13.1. The average Bonchev–Trinajstić information content (AvgIpc) is 3.33. The van der Waals surface area contributed by atoms with E-state index in [1.54, 1.807) is 24.3 Å². The van der Waals surface area contributed by atoms with Gasteiger partial charge in [0.05, 0.1) is 10.0 Å². The fraction of sp³-hybridized carbons (Fsp3) is 0.250. The van der Waals surface area contributed by atoms with Gasteiger partial charge in [-0.05, 0) is 48.7 Å². The van der Waals surface area contributed by atoms with Gasteiger partial charge in [0, 0.05) is 37.7 Å². The molecule has 1 saturated heterocycles. The Bertz CT molecular complexity index is 1230. The standard InChI is InChI=1S/C24H21Cl3N4O3/c1-14(32)34-21-22(27)29-20(30-23(21)31-10-2-3-11-31)12-15-4-7-17(8-5-15)28-24(33)16-6-9-18(25)19(26)13-16/h4-9,13H,2-3,10-12H2,1H3,(H,28,33). The highest BCUT2D eigenvalue weighted by Crippen LogP contribution is 2.35. The van der Waals surface area contributed by atoms with Gasteiger partial charge in [-0.3, -0.25) is 9.59 Å². The number of hydrogen-bond donors (Lipinski definition) is 1. The lowest BCUT2D eigenvalue weighted by molar-refractivity contribution is -0.131. The summed E-state index contributed by atoms with van der Waals surface area (Å²) < 4.78 is 5.30. The van der Waals surface area contributed by atoms with E-state index in [0.29, 0.717) is 39.4 Å². The van der Waals surface area contributed by atoms with Crippen molar-refractivity contribution in [3.8, 4) is 5.75 Å². The van der Waals surface area contributed by atoms with Crippen LogP contribution < -0.4 is 15.0 Å². The minimum atomic E-state index is -0.475. The van der Waals surface area contributed by atoms with E-state index in [-0.39, 0.29) is 16.8 Å². The van der Waals surface area contributed by atoms with Crippen LogP contribution in [0.2, 0.25) is 15.2 Å². The minimum absolute atomic E-state index is 0.104. The molecule has 0 saturated carbocycles. The highest BCUT2D eigenvalue weighted by Gasteiger charge is 2.24. The van der Waals surface area contributed by atoms with Crippen molar-refractivity contribution in [1.29, 1.82) is 0 Å². The molecule has 176 valence electrons. The topological polar surface area (TPSA) is 84.4 Å². The molecule has 0 atom stereocenters. The molecule has 1 aliphatic rings. The van der Waals surface area contributed by atoms with Crippen molar-refractivity contribution in [3.63, 3.8) is 0 Å². The van der Waals surface area contributed by atoms with Crippen LogP contribution in [0.4, 0.5) is 11.5 Å². The Morgan fingerprint density at radius 2 is 1.71 bits per heavy atom. The molecule has 0 unspecified atom stereocenters. The fourth-order valence-electron chi connectivity index (χ4n) is 3.64. The smallest absolute Gasteiger partial charge is 0.308 e. The summed E-state index contributed by atoms with van der Waals surface area (Å²) in [5.41, 5.74) is 1.96. The number of halogens is 3. The largest absolute Gasteiger partial charge is 0.419 e. The Kier molecular flexibility index (Phi) is 7.56. The van der Waals surface area contributed by atoms with Crippen LogP contribution in [0, 0.1) is 0 Å². The molecule has 34 heavy (non-hydrogen) atoms. The molecule has 4 rings (SSSR count). The number of carbonyl (C=O) groups is 2. The first-order valence-electron chi connectivity index (χ1n) is 10.7. The van der Waals surface area contributed by atoms with Crippen LogP contribution in [0.5, 0.6) is 5.75 Å². The number of rotatable bonds is 6. The zero-order valence-electron chi connectivity index (χ0n) is 18.3. The number of benzene rings is 2. The number of nitrogens with zero attached hydrogens (tertiary/aromatic N) is 3. The summed E-state index contributed by atoms with van der Waals surface area (Å²) in [5, 5.41) is 3.64. The lowest BCUT2D eigenvalue weighted by Crippen LogP contribution is -2.22. The van der Waals surface area contributed by atoms with Gasteiger partial charge in [-0.2, -0.15) is 0 Å². The summed E-state index contributed by atoms with van der Waals surface area (Å²) >= 11 is 18.3. The molecule has 1 amide bonds. The summed E-state index contributed by atoms with van der Waals surface area (Å²) in [6.07, 6.45) is 2.49. The van der Waals surface area contributed by atoms with Crippen molar-refractivity contribution in [2.45, 2.75) is 26.2 Å². The van der Waals surface area contributed by atoms with Gasteiger partial charge in [0.25, 0.3) is 5.91 Å². The third-order valence-corrected chi connectivity index (χ3v) is 6.26. The van der Waals surface area contributed by atoms with Crippen molar-refractivity contribution in [2.75, 3.05) is 23.3 Å². The molecule has 3 aromatic rings. The SMILES string of the molecule is CC(=O)Oc1c(Cl)nc(Cc2ccc(NC(=O)c3ccc(Cl)c(Cl)c3)cc2)nc1N1CCCC1. The predicted molar refractivity (Wildman–Crippen MR) is 133 cm³/mol. The second-order valence-corrected chi connectivity index (χ2v) is 9.00. The number of hydrogen-bond acceptors (Lipinski definition) is 6. The molecule has 2 heterocycles. The summed E-state index contributed by atoms with van der Waals surface area (Å²) in [7, 11) is 0. The maximum Gasteiger partial charge on any atom is 0.308 e. The lowest BCUT2D eigenvalue weighted by atomic mass is 10.1. The summed E-state index contributed by atoms with van der Waals surface area (Å²) in [4.78, 5) is 35.1. The van der Waals surface area contributed by atoms with Gasteiger partial charge >= 0.3 is 5.97 Å². The van der Waals surface area contributed by atoms with Crippen LogP contribution in [0.3, 0.4) is 0 Å². The number of anilines is 2. The van der Waals surface area contributed by atoms with E-state index in [0.717, 1.165) is 31.5 Å². The van der Waals surface area contributed by atoms with E-state index >= 15 is 0 Å². The second kappa shape index (κ2) is 10.6. The van der Waals surface area contributed by atoms with E-state index in [4.69, 9.17) is 39.5 Å². The van der Waals surface area contributed by atoms with Crippen LogP contribution in [0.1, 0.15) is 41.5 Å². The number of nitrogens with one attached hydrogen (secondary N) is 1. The molecule has 1 fully saturated rings. The third-order valence-electron chi connectivity index (χ3n) is 5.26. The van der Waals surface area contributed by atoms with Crippen molar-refractivity contribution < 1.29 is 14.3 Å². The zero-order valence-corrected chi connectivity index (χ0v) is 20.5. The van der Waals surface area contributed by atoms with E-state index in [1.807, 2.05) is 12.1 Å². The van der Waals surface area contributed by atoms with Gasteiger partial charge in [-0.1, -0.05) is 46.9 Å². The van der Waals surface area contributed by atoms with E-state index in [9.17, 15) is 9.59 Å². The van der Waals surface area contributed by atoms with Crippen LogP contribution >= 0.6 is 34.8 Å². The molecule has 1 N–H and O–H groups in total. The minimum Gasteiger partial charge on any atom is -0.419 e. The van der Waals surface area contributed by atoms with E-state index in [1.165, 1.54) is 13.0 Å². The Morgan fingerprint density at radius 1 is 1.00 bits per heavy atom. The summed E-state index contributed by atoms with van der Waals surface area (Å²) in [5.74, 6) is 0.471.